The summed E-state index contributed by atoms with van der Waals surface area (Å²) in [5.41, 5.74) is -1.63. The second kappa shape index (κ2) is 11.7. The fourth-order valence-corrected chi connectivity index (χ4v) is 5.27. The molecule has 0 aliphatic heterocycles. The molecule has 0 unspecified atom stereocenters. The van der Waals surface area contributed by atoms with E-state index in [2.05, 4.69) is 15.3 Å². The number of hydrogen-bond acceptors (Lipinski definition) is 6. The lowest BCUT2D eigenvalue weighted by molar-refractivity contribution is -0.147. The summed E-state index contributed by atoms with van der Waals surface area (Å²) >= 11 is 12.3. The van der Waals surface area contributed by atoms with Crippen LogP contribution in [-0.2, 0) is 17.5 Å². The summed E-state index contributed by atoms with van der Waals surface area (Å²) in [7, 11) is 0. The van der Waals surface area contributed by atoms with Crippen LogP contribution < -0.4 is 0 Å². The zero-order valence-corrected chi connectivity index (χ0v) is 21.7. The van der Waals surface area contributed by atoms with Gasteiger partial charge in [-0.1, -0.05) is 29.3 Å². The lowest BCUT2D eigenvalue weighted by atomic mass is 9.86. The van der Waals surface area contributed by atoms with Gasteiger partial charge in [0.25, 0.3) is 5.91 Å². The lowest BCUT2D eigenvalue weighted by Crippen LogP contribution is -2.37. The molecule has 2 heterocycles. The van der Waals surface area contributed by atoms with Crippen molar-refractivity contribution in [2.24, 2.45) is 5.92 Å². The molecule has 1 amide bonds. The molecule has 0 radical (unpaired) electrons. The number of carboxylic acids is 1. The van der Waals surface area contributed by atoms with Gasteiger partial charge in [0.05, 0.1) is 52.1 Å². The lowest BCUT2D eigenvalue weighted by Gasteiger charge is -2.28. The molecule has 0 bridgehead atoms. The number of hydrogen-bond donors (Lipinski definition) is 1. The highest BCUT2D eigenvalue weighted by molar-refractivity contribution is 6.40. The molecule has 0 saturated heterocycles. The van der Waals surface area contributed by atoms with Gasteiger partial charge in [0, 0.05) is 12.7 Å². The van der Waals surface area contributed by atoms with E-state index in [1.165, 1.54) is 36.7 Å². The second-order valence-electron chi connectivity index (χ2n) is 9.12. The first-order valence-corrected chi connectivity index (χ1v) is 12.6. The van der Waals surface area contributed by atoms with E-state index in [9.17, 15) is 32.7 Å². The molecule has 4 rings (SSSR count). The standard InChI is InChI=1S/C25H22Cl2F3N5O4/c26-18-2-1-3-19(27)21(18)20(36)13-34(12-14-8-9-31-32-10-14)23(37)17-11-33-35(22(17)25(28,29)30)16-6-4-15(5-7-16)24(38)39/h1-3,8-11,15-16H,4-7,12-13H2,(H,38,39)/t15-,16-. The Kier molecular flexibility index (Phi) is 8.55. The smallest absolute Gasteiger partial charge is 0.433 e. The predicted molar refractivity (Wildman–Crippen MR) is 133 cm³/mol. The third-order valence-electron chi connectivity index (χ3n) is 6.57. The molecule has 3 aromatic rings. The van der Waals surface area contributed by atoms with Gasteiger partial charge in [0.1, 0.15) is 0 Å². The summed E-state index contributed by atoms with van der Waals surface area (Å²) in [6, 6.07) is 5.17. The van der Waals surface area contributed by atoms with Gasteiger partial charge >= 0.3 is 12.1 Å². The molecule has 1 N–H and O–H groups in total. The molecule has 2 aromatic heterocycles. The molecular weight excluding hydrogens is 562 g/mol. The molecule has 1 saturated carbocycles. The van der Waals surface area contributed by atoms with E-state index in [1.54, 1.807) is 0 Å². The Labute approximate surface area is 230 Å². The minimum atomic E-state index is -4.95. The van der Waals surface area contributed by atoms with Crippen molar-refractivity contribution in [1.29, 1.82) is 0 Å². The first kappa shape index (κ1) is 28.5. The summed E-state index contributed by atoms with van der Waals surface area (Å²) in [5, 5.41) is 20.6. The van der Waals surface area contributed by atoms with Crippen molar-refractivity contribution in [3.8, 4) is 0 Å². The Morgan fingerprint density at radius 2 is 1.69 bits per heavy atom. The van der Waals surface area contributed by atoms with Gasteiger partial charge in [-0.05, 0) is 49.4 Å². The first-order chi connectivity index (χ1) is 18.5. The van der Waals surface area contributed by atoms with Gasteiger partial charge in [0.15, 0.2) is 11.5 Å². The highest BCUT2D eigenvalue weighted by Crippen LogP contribution is 2.39. The van der Waals surface area contributed by atoms with Crippen molar-refractivity contribution < 1.29 is 32.7 Å². The van der Waals surface area contributed by atoms with E-state index in [0.717, 1.165) is 15.8 Å². The number of Topliss-reactive ketones (excluding diaryl/α,β-unsaturated/α-hetero) is 1. The SMILES string of the molecule is O=C(CN(Cc1ccnnc1)C(=O)c1cnn([C@H]2CC[C@H](C(=O)O)CC2)c1C(F)(F)F)c1c(Cl)cccc1Cl. The molecule has 1 fully saturated rings. The van der Waals surface area contributed by atoms with Gasteiger partial charge in [0.2, 0.25) is 0 Å². The van der Waals surface area contributed by atoms with Gasteiger partial charge < -0.3 is 10.0 Å². The Hall–Kier alpha value is -3.51. The Balaban J connectivity index is 1.69. The number of carbonyl (C=O) groups is 3. The summed E-state index contributed by atoms with van der Waals surface area (Å²) < 4.78 is 43.8. The average Bonchev–Trinajstić information content (AvgIpc) is 3.34. The maximum Gasteiger partial charge on any atom is 0.433 e. The largest absolute Gasteiger partial charge is 0.481 e. The summed E-state index contributed by atoms with van der Waals surface area (Å²) in [5.74, 6) is -3.39. The Morgan fingerprint density at radius 1 is 1.03 bits per heavy atom. The van der Waals surface area contributed by atoms with Crippen LogP contribution in [0.25, 0.3) is 0 Å². The molecule has 1 aliphatic carbocycles. The van der Waals surface area contributed by atoms with E-state index in [4.69, 9.17) is 23.2 Å². The van der Waals surface area contributed by atoms with Crippen molar-refractivity contribution in [3.05, 3.63) is 75.3 Å². The van der Waals surface area contributed by atoms with Crippen LogP contribution >= 0.6 is 23.2 Å². The number of amides is 1. The number of aromatic nitrogens is 4. The fourth-order valence-electron chi connectivity index (χ4n) is 4.66. The Morgan fingerprint density at radius 3 is 2.26 bits per heavy atom. The van der Waals surface area contributed by atoms with E-state index in [0.29, 0.717) is 5.56 Å². The topological polar surface area (TPSA) is 118 Å². The summed E-state index contributed by atoms with van der Waals surface area (Å²) in [4.78, 5) is 39.0. The van der Waals surface area contributed by atoms with Gasteiger partial charge in [-0.2, -0.15) is 28.5 Å². The number of carbonyl (C=O) groups excluding carboxylic acids is 2. The van der Waals surface area contributed by atoms with E-state index >= 15 is 0 Å². The van der Waals surface area contributed by atoms with Crippen LogP contribution in [0.4, 0.5) is 13.2 Å². The third kappa shape index (κ3) is 6.39. The first-order valence-electron chi connectivity index (χ1n) is 11.9. The summed E-state index contributed by atoms with van der Waals surface area (Å²) in [6.45, 7) is -0.884. The van der Waals surface area contributed by atoms with Crippen molar-refractivity contribution in [2.75, 3.05) is 6.54 Å². The minimum Gasteiger partial charge on any atom is -0.481 e. The van der Waals surface area contributed by atoms with E-state index in [-0.39, 0.29) is 47.8 Å². The van der Waals surface area contributed by atoms with Crippen LogP contribution in [0.3, 0.4) is 0 Å². The van der Waals surface area contributed by atoms with Gasteiger partial charge in [-0.15, -0.1) is 0 Å². The monoisotopic (exact) mass is 583 g/mol. The number of aliphatic carboxylic acids is 1. The number of halogens is 5. The number of alkyl halides is 3. The summed E-state index contributed by atoms with van der Waals surface area (Å²) in [6.07, 6.45) is -0.760. The normalized spacial score (nSPS) is 17.6. The maximum absolute atomic E-state index is 14.3. The molecule has 0 spiro atoms. The van der Waals surface area contributed by atoms with Crippen LogP contribution in [0.5, 0.6) is 0 Å². The molecular formula is C25H22Cl2F3N5O4. The Bertz CT molecular complexity index is 1360. The van der Waals surface area contributed by atoms with Gasteiger partial charge in [-0.3, -0.25) is 19.1 Å². The minimum absolute atomic E-state index is 0.0336. The number of carboxylic acid groups (broad SMARTS) is 1. The van der Waals surface area contributed by atoms with Crippen LogP contribution in [0.2, 0.25) is 10.0 Å². The molecule has 9 nitrogen and oxygen atoms in total. The zero-order valence-electron chi connectivity index (χ0n) is 20.2. The number of rotatable bonds is 8. The number of benzene rings is 1. The van der Waals surface area contributed by atoms with Crippen molar-refractivity contribution >= 4 is 40.9 Å². The highest BCUT2D eigenvalue weighted by Gasteiger charge is 2.43. The third-order valence-corrected chi connectivity index (χ3v) is 7.20. The molecule has 1 aliphatic rings. The van der Waals surface area contributed by atoms with Crippen molar-refractivity contribution in [3.63, 3.8) is 0 Å². The van der Waals surface area contributed by atoms with E-state index in [1.807, 2.05) is 0 Å². The second-order valence-corrected chi connectivity index (χ2v) is 9.94. The molecule has 206 valence electrons. The quantitative estimate of drug-likeness (QED) is 0.355. The van der Waals surface area contributed by atoms with Crippen LogP contribution in [0.1, 0.15) is 63.7 Å². The average molecular weight is 584 g/mol. The number of ketones is 1. The predicted octanol–water partition coefficient (Wildman–Crippen LogP) is 5.34. The number of nitrogens with zero attached hydrogens (tertiary/aromatic N) is 5. The van der Waals surface area contributed by atoms with E-state index < -0.39 is 53.6 Å². The van der Waals surface area contributed by atoms with Crippen LogP contribution in [-0.4, -0.2) is 54.2 Å². The van der Waals surface area contributed by atoms with Crippen molar-refractivity contribution in [2.45, 2.75) is 44.4 Å². The zero-order chi connectivity index (χ0) is 28.3. The molecule has 0 atom stereocenters. The van der Waals surface area contributed by atoms with Crippen LogP contribution in [0, 0.1) is 5.92 Å². The molecule has 1 aromatic carbocycles. The van der Waals surface area contributed by atoms with Crippen LogP contribution in [0.15, 0.2) is 42.9 Å². The van der Waals surface area contributed by atoms with Gasteiger partial charge in [-0.25, -0.2) is 0 Å². The van der Waals surface area contributed by atoms with Crippen molar-refractivity contribution in [1.82, 2.24) is 24.9 Å². The maximum atomic E-state index is 14.3. The fraction of sp³-hybridized carbons (Fsp3) is 0.360. The molecule has 14 heteroatoms. The highest BCUT2D eigenvalue weighted by atomic mass is 35.5. The molecule has 39 heavy (non-hydrogen) atoms.